The van der Waals surface area contributed by atoms with Crippen molar-refractivity contribution in [2.45, 2.75) is 0 Å². The summed E-state index contributed by atoms with van der Waals surface area (Å²) in [7, 11) is 4.62. The lowest BCUT2D eigenvalue weighted by molar-refractivity contribution is 0.112. The van der Waals surface area contributed by atoms with Gasteiger partial charge in [0.15, 0.2) is 17.8 Å². The zero-order chi connectivity index (χ0) is 15.4. The first-order valence-electron chi connectivity index (χ1n) is 6.19. The molecule has 0 heterocycles. The highest BCUT2D eigenvalue weighted by Gasteiger charge is 2.15. The van der Waals surface area contributed by atoms with E-state index in [1.807, 2.05) is 0 Å². The molecule has 0 radical (unpaired) electrons. The van der Waals surface area contributed by atoms with Gasteiger partial charge in [0.05, 0.1) is 21.3 Å². The maximum Gasteiger partial charge on any atom is 0.161 e. The summed E-state index contributed by atoms with van der Waals surface area (Å²) in [5.41, 5.74) is 1.85. The number of carbonyl (C=O) groups excluding carboxylic acids is 1. The second kappa shape index (κ2) is 6.50. The van der Waals surface area contributed by atoms with Gasteiger partial charge in [-0.3, -0.25) is 4.79 Å². The monoisotopic (exact) mass is 306 g/mol. The molecule has 0 aliphatic heterocycles. The molecule has 0 saturated heterocycles. The van der Waals surface area contributed by atoms with Crippen LogP contribution >= 0.6 is 11.6 Å². The highest BCUT2D eigenvalue weighted by molar-refractivity contribution is 6.31. The molecule has 0 aliphatic carbocycles. The maximum absolute atomic E-state index is 11.4. The molecule has 4 nitrogen and oxygen atoms in total. The fourth-order valence-electron chi connectivity index (χ4n) is 2.12. The number of ether oxygens (including phenoxy) is 3. The van der Waals surface area contributed by atoms with E-state index in [2.05, 4.69) is 0 Å². The summed E-state index contributed by atoms with van der Waals surface area (Å²) in [6.07, 6.45) is 0.762. The molecule has 2 rings (SSSR count). The van der Waals surface area contributed by atoms with Gasteiger partial charge in [0, 0.05) is 16.1 Å². The number of halogens is 1. The van der Waals surface area contributed by atoms with Crippen LogP contribution in [0.2, 0.25) is 5.02 Å². The van der Waals surface area contributed by atoms with Crippen molar-refractivity contribution in [2.24, 2.45) is 0 Å². The number of hydrogen-bond acceptors (Lipinski definition) is 4. The van der Waals surface area contributed by atoms with Crippen molar-refractivity contribution in [1.82, 2.24) is 0 Å². The van der Waals surface area contributed by atoms with Crippen LogP contribution in [0.15, 0.2) is 30.3 Å². The molecule has 0 unspecified atom stereocenters. The SMILES string of the molecule is COc1cc(C=O)c(-c2cc(Cl)ccc2OC)cc1OC. The fourth-order valence-corrected chi connectivity index (χ4v) is 2.29. The number of rotatable bonds is 5. The number of hydrogen-bond donors (Lipinski definition) is 0. The topological polar surface area (TPSA) is 44.8 Å². The lowest BCUT2D eigenvalue weighted by Gasteiger charge is -2.14. The minimum absolute atomic E-state index is 0.466. The van der Waals surface area contributed by atoms with E-state index in [0.717, 1.165) is 6.29 Å². The largest absolute Gasteiger partial charge is 0.496 e. The van der Waals surface area contributed by atoms with Crippen LogP contribution in [0.25, 0.3) is 11.1 Å². The van der Waals surface area contributed by atoms with Crippen LogP contribution in [0.4, 0.5) is 0 Å². The Balaban J connectivity index is 2.73. The Hall–Kier alpha value is -2.20. The molecule has 0 saturated carbocycles. The molecule has 0 aromatic heterocycles. The predicted octanol–water partition coefficient (Wildman–Crippen LogP) is 3.85. The quantitative estimate of drug-likeness (QED) is 0.787. The molecule has 0 atom stereocenters. The van der Waals surface area contributed by atoms with E-state index in [-0.39, 0.29) is 0 Å². The first-order valence-corrected chi connectivity index (χ1v) is 6.57. The first kappa shape index (κ1) is 15.2. The summed E-state index contributed by atoms with van der Waals surface area (Å²) in [5.74, 6) is 1.64. The molecule has 2 aromatic rings. The van der Waals surface area contributed by atoms with Crippen LogP contribution in [-0.4, -0.2) is 27.6 Å². The van der Waals surface area contributed by atoms with Gasteiger partial charge in [-0.05, 0) is 35.9 Å². The normalized spacial score (nSPS) is 10.1. The van der Waals surface area contributed by atoms with Crippen molar-refractivity contribution in [3.63, 3.8) is 0 Å². The van der Waals surface area contributed by atoms with Crippen LogP contribution in [0.3, 0.4) is 0 Å². The van der Waals surface area contributed by atoms with E-state index >= 15 is 0 Å². The molecule has 0 amide bonds. The van der Waals surface area contributed by atoms with E-state index in [4.69, 9.17) is 25.8 Å². The fraction of sp³-hybridized carbons (Fsp3) is 0.188. The van der Waals surface area contributed by atoms with Gasteiger partial charge in [0.25, 0.3) is 0 Å². The standard InChI is InChI=1S/C16H15ClO4/c1-19-14-5-4-11(17)7-13(14)12-8-16(21-3)15(20-2)6-10(12)9-18/h4-9H,1-3H3. The second-order valence-corrected chi connectivity index (χ2v) is 4.69. The van der Waals surface area contributed by atoms with Gasteiger partial charge in [-0.1, -0.05) is 11.6 Å². The second-order valence-electron chi connectivity index (χ2n) is 4.26. The lowest BCUT2D eigenvalue weighted by Crippen LogP contribution is -1.97. The van der Waals surface area contributed by atoms with Gasteiger partial charge in [0.1, 0.15) is 5.75 Å². The molecule has 110 valence electrons. The van der Waals surface area contributed by atoms with E-state index < -0.39 is 0 Å². The molecule has 0 bridgehead atoms. The lowest BCUT2D eigenvalue weighted by atomic mass is 9.98. The number of methoxy groups -OCH3 is 3. The zero-order valence-electron chi connectivity index (χ0n) is 12.0. The van der Waals surface area contributed by atoms with Crippen LogP contribution in [0.1, 0.15) is 10.4 Å². The highest BCUT2D eigenvalue weighted by atomic mass is 35.5. The van der Waals surface area contributed by atoms with E-state index in [9.17, 15) is 4.79 Å². The number of benzene rings is 2. The molecule has 5 heteroatoms. The van der Waals surface area contributed by atoms with Crippen LogP contribution in [0.5, 0.6) is 17.2 Å². The smallest absolute Gasteiger partial charge is 0.161 e. The van der Waals surface area contributed by atoms with Crippen LogP contribution in [-0.2, 0) is 0 Å². The minimum atomic E-state index is 0.466. The van der Waals surface area contributed by atoms with Gasteiger partial charge in [0.2, 0.25) is 0 Å². The van der Waals surface area contributed by atoms with Crippen molar-refractivity contribution >= 4 is 17.9 Å². The van der Waals surface area contributed by atoms with Crippen molar-refractivity contribution in [1.29, 1.82) is 0 Å². The molecule has 0 fully saturated rings. The van der Waals surface area contributed by atoms with Gasteiger partial charge in [-0.2, -0.15) is 0 Å². The number of carbonyl (C=O) groups is 1. The van der Waals surface area contributed by atoms with E-state index in [1.54, 1.807) is 37.4 Å². The molecular weight excluding hydrogens is 292 g/mol. The third kappa shape index (κ3) is 2.95. The summed E-state index contributed by atoms with van der Waals surface area (Å²) in [6, 6.07) is 8.58. The minimum Gasteiger partial charge on any atom is -0.496 e. The average Bonchev–Trinajstić information content (AvgIpc) is 2.53. The van der Waals surface area contributed by atoms with E-state index in [0.29, 0.717) is 39.0 Å². The van der Waals surface area contributed by atoms with Crippen LogP contribution in [0, 0.1) is 0 Å². The third-order valence-electron chi connectivity index (χ3n) is 3.13. The molecule has 0 spiro atoms. The Morgan fingerprint density at radius 1 is 0.857 bits per heavy atom. The zero-order valence-corrected chi connectivity index (χ0v) is 12.7. The summed E-state index contributed by atoms with van der Waals surface area (Å²) in [4.78, 5) is 11.4. The molecular formula is C16H15ClO4. The Labute approximate surface area is 128 Å². The van der Waals surface area contributed by atoms with Crippen molar-refractivity contribution in [3.8, 4) is 28.4 Å². The highest BCUT2D eigenvalue weighted by Crippen LogP contribution is 2.39. The molecule has 2 aromatic carbocycles. The summed E-state index contributed by atoms with van der Waals surface area (Å²) < 4.78 is 15.8. The first-order chi connectivity index (χ1) is 10.1. The Bertz CT molecular complexity index is 668. The third-order valence-corrected chi connectivity index (χ3v) is 3.37. The maximum atomic E-state index is 11.4. The summed E-state index contributed by atoms with van der Waals surface area (Å²) in [5, 5.41) is 0.553. The van der Waals surface area contributed by atoms with Gasteiger partial charge >= 0.3 is 0 Å². The Morgan fingerprint density at radius 3 is 2.05 bits per heavy atom. The van der Waals surface area contributed by atoms with Crippen molar-refractivity contribution in [3.05, 3.63) is 40.9 Å². The molecule has 21 heavy (non-hydrogen) atoms. The summed E-state index contributed by atoms with van der Waals surface area (Å²) >= 11 is 6.05. The molecule has 0 aliphatic rings. The van der Waals surface area contributed by atoms with Gasteiger partial charge in [-0.25, -0.2) is 0 Å². The summed E-state index contributed by atoms with van der Waals surface area (Å²) in [6.45, 7) is 0. The van der Waals surface area contributed by atoms with Crippen molar-refractivity contribution < 1.29 is 19.0 Å². The van der Waals surface area contributed by atoms with Crippen molar-refractivity contribution in [2.75, 3.05) is 21.3 Å². The predicted molar refractivity (Wildman–Crippen MR) is 81.9 cm³/mol. The molecule has 0 N–H and O–H groups in total. The Kier molecular flexibility index (Phi) is 4.70. The Morgan fingerprint density at radius 2 is 1.48 bits per heavy atom. The van der Waals surface area contributed by atoms with Crippen LogP contribution < -0.4 is 14.2 Å². The van der Waals surface area contributed by atoms with E-state index in [1.165, 1.54) is 14.2 Å². The van der Waals surface area contributed by atoms with Gasteiger partial charge < -0.3 is 14.2 Å². The number of aldehydes is 1. The average molecular weight is 307 g/mol. The van der Waals surface area contributed by atoms with Gasteiger partial charge in [-0.15, -0.1) is 0 Å².